The van der Waals surface area contributed by atoms with E-state index >= 15 is 0 Å². The Morgan fingerprint density at radius 1 is 1.35 bits per heavy atom. The van der Waals surface area contributed by atoms with E-state index in [1.165, 1.54) is 13.5 Å². The molecule has 2 aromatic heterocycles. The molecule has 0 saturated carbocycles. The average molecular weight is 331 g/mol. The number of halogens is 1. The summed E-state index contributed by atoms with van der Waals surface area (Å²) in [4.78, 5) is 7.25. The summed E-state index contributed by atoms with van der Waals surface area (Å²) in [5.41, 5.74) is 1.16. The largest absolute Gasteiger partial charge is 0.312 e. The molecule has 0 aliphatic carbocycles. The molecule has 0 aliphatic rings. The van der Waals surface area contributed by atoms with Crippen LogP contribution in [-0.2, 0) is 6.42 Å². The predicted octanol–water partition coefficient (Wildman–Crippen LogP) is 4.09. The van der Waals surface area contributed by atoms with Gasteiger partial charge in [-0.1, -0.05) is 0 Å². The van der Waals surface area contributed by atoms with E-state index in [4.69, 9.17) is 0 Å². The second-order valence-electron chi connectivity index (χ2n) is 3.93. The van der Waals surface area contributed by atoms with Crippen LogP contribution in [0, 0.1) is 13.8 Å². The fourth-order valence-electron chi connectivity index (χ4n) is 1.86. The van der Waals surface area contributed by atoms with E-state index in [9.17, 15) is 0 Å². The molecule has 17 heavy (non-hydrogen) atoms. The molecule has 1 atom stereocenters. The Hall–Kier alpha value is -0.230. The second-order valence-corrected chi connectivity index (χ2v) is 7.72. The molecular weight excluding hydrogens is 316 g/mol. The lowest BCUT2D eigenvalue weighted by Gasteiger charge is -2.13. The molecule has 0 bridgehead atoms. The van der Waals surface area contributed by atoms with Crippen LogP contribution in [0.15, 0.2) is 15.9 Å². The van der Waals surface area contributed by atoms with E-state index in [1.807, 2.05) is 7.05 Å². The molecule has 2 rings (SSSR count). The molecule has 2 nitrogen and oxygen atoms in total. The molecule has 0 spiro atoms. The summed E-state index contributed by atoms with van der Waals surface area (Å²) in [7, 11) is 2.02. The number of hydrogen-bond acceptors (Lipinski definition) is 4. The van der Waals surface area contributed by atoms with Gasteiger partial charge in [-0.25, -0.2) is 4.98 Å². The van der Waals surface area contributed by atoms with Gasteiger partial charge >= 0.3 is 0 Å². The first-order chi connectivity index (χ1) is 8.10. The number of thiazole rings is 1. The Bertz CT molecular complexity index is 504. The Balaban J connectivity index is 2.19. The van der Waals surface area contributed by atoms with Crippen molar-refractivity contribution in [2.75, 3.05) is 7.05 Å². The average Bonchev–Trinajstić information content (AvgIpc) is 2.82. The number of nitrogens with one attached hydrogen (secondary N) is 1. The molecule has 0 amide bonds. The lowest BCUT2D eigenvalue weighted by atomic mass is 10.1. The van der Waals surface area contributed by atoms with Gasteiger partial charge in [-0.15, -0.1) is 22.7 Å². The van der Waals surface area contributed by atoms with Crippen LogP contribution in [0.5, 0.6) is 0 Å². The van der Waals surface area contributed by atoms with Crippen molar-refractivity contribution in [2.24, 2.45) is 0 Å². The fourth-order valence-corrected chi connectivity index (χ4v) is 4.43. The molecular formula is C12H15BrN2S2. The van der Waals surface area contributed by atoms with E-state index in [2.05, 4.69) is 52.2 Å². The Morgan fingerprint density at radius 2 is 2.12 bits per heavy atom. The monoisotopic (exact) mass is 330 g/mol. The first-order valence-electron chi connectivity index (χ1n) is 5.45. The van der Waals surface area contributed by atoms with E-state index < -0.39 is 0 Å². The van der Waals surface area contributed by atoms with Crippen LogP contribution in [-0.4, -0.2) is 12.0 Å². The zero-order valence-electron chi connectivity index (χ0n) is 10.1. The van der Waals surface area contributed by atoms with Crippen LogP contribution >= 0.6 is 38.6 Å². The first kappa shape index (κ1) is 13.2. The minimum absolute atomic E-state index is 0.367. The quantitative estimate of drug-likeness (QED) is 0.913. The SMILES string of the molecule is CNC(Cc1ccc(Br)s1)c1sc(C)nc1C. The van der Waals surface area contributed by atoms with Crippen LogP contribution in [0.4, 0.5) is 0 Å². The highest BCUT2D eigenvalue weighted by Crippen LogP contribution is 2.30. The van der Waals surface area contributed by atoms with Crippen molar-refractivity contribution in [1.82, 2.24) is 10.3 Å². The van der Waals surface area contributed by atoms with Gasteiger partial charge in [-0.05, 0) is 49.0 Å². The molecule has 1 N–H and O–H groups in total. The predicted molar refractivity (Wildman–Crippen MR) is 79.1 cm³/mol. The topological polar surface area (TPSA) is 24.9 Å². The highest BCUT2D eigenvalue weighted by atomic mass is 79.9. The third kappa shape index (κ3) is 3.16. The summed E-state index contributed by atoms with van der Waals surface area (Å²) >= 11 is 7.10. The van der Waals surface area contributed by atoms with Gasteiger partial charge in [0.05, 0.1) is 14.5 Å². The minimum atomic E-state index is 0.367. The van der Waals surface area contributed by atoms with Gasteiger partial charge in [-0.3, -0.25) is 0 Å². The smallest absolute Gasteiger partial charge is 0.0900 e. The van der Waals surface area contributed by atoms with Gasteiger partial charge in [-0.2, -0.15) is 0 Å². The van der Waals surface area contributed by atoms with Crippen LogP contribution in [0.25, 0.3) is 0 Å². The molecule has 92 valence electrons. The number of aryl methyl sites for hydroxylation is 2. The normalized spacial score (nSPS) is 12.9. The molecule has 2 aromatic rings. The summed E-state index contributed by atoms with van der Waals surface area (Å²) in [6, 6.07) is 4.66. The number of rotatable bonds is 4. The van der Waals surface area contributed by atoms with Crippen molar-refractivity contribution in [2.45, 2.75) is 26.3 Å². The van der Waals surface area contributed by atoms with E-state index in [-0.39, 0.29) is 0 Å². The van der Waals surface area contributed by atoms with Gasteiger partial charge in [0, 0.05) is 22.2 Å². The van der Waals surface area contributed by atoms with Gasteiger partial charge < -0.3 is 5.32 Å². The van der Waals surface area contributed by atoms with Gasteiger partial charge in [0.2, 0.25) is 0 Å². The zero-order chi connectivity index (χ0) is 12.4. The van der Waals surface area contributed by atoms with Crippen molar-refractivity contribution in [3.63, 3.8) is 0 Å². The third-order valence-electron chi connectivity index (χ3n) is 2.64. The van der Waals surface area contributed by atoms with Crippen molar-refractivity contribution in [3.05, 3.63) is 36.4 Å². The van der Waals surface area contributed by atoms with E-state index in [0.29, 0.717) is 6.04 Å². The maximum absolute atomic E-state index is 4.50. The van der Waals surface area contributed by atoms with E-state index in [0.717, 1.165) is 17.1 Å². The number of nitrogens with zero attached hydrogens (tertiary/aromatic N) is 1. The third-order valence-corrected chi connectivity index (χ3v) is 5.47. The van der Waals surface area contributed by atoms with E-state index in [1.54, 1.807) is 22.7 Å². The fraction of sp³-hybridized carbons (Fsp3) is 0.417. The summed E-state index contributed by atoms with van der Waals surface area (Å²) in [6.45, 7) is 4.16. The Labute approximate surface area is 118 Å². The highest BCUT2D eigenvalue weighted by molar-refractivity contribution is 9.11. The molecule has 0 aliphatic heterocycles. The van der Waals surface area contributed by atoms with Gasteiger partial charge in [0.25, 0.3) is 0 Å². The standard InChI is InChI=1S/C12H15BrN2S2/c1-7-12(16-8(2)15-7)10(14-3)6-9-4-5-11(13)17-9/h4-5,10,14H,6H2,1-3H3. The Morgan fingerprint density at radius 3 is 2.59 bits per heavy atom. The van der Waals surface area contributed by atoms with Crippen molar-refractivity contribution in [1.29, 1.82) is 0 Å². The van der Waals surface area contributed by atoms with Gasteiger partial charge in [0.1, 0.15) is 0 Å². The van der Waals surface area contributed by atoms with Crippen LogP contribution < -0.4 is 5.32 Å². The molecule has 0 fully saturated rings. The van der Waals surface area contributed by atoms with Crippen LogP contribution in [0.2, 0.25) is 0 Å². The minimum Gasteiger partial charge on any atom is -0.312 e. The second kappa shape index (κ2) is 5.61. The van der Waals surface area contributed by atoms with Crippen LogP contribution in [0.1, 0.15) is 26.5 Å². The zero-order valence-corrected chi connectivity index (χ0v) is 13.3. The Kier molecular flexibility index (Phi) is 4.36. The molecule has 2 heterocycles. The lowest BCUT2D eigenvalue weighted by molar-refractivity contribution is 0.602. The summed E-state index contributed by atoms with van der Waals surface area (Å²) in [6.07, 6.45) is 1.02. The number of likely N-dealkylation sites (N-methyl/N-ethyl adjacent to an activating group) is 1. The van der Waals surface area contributed by atoms with Gasteiger partial charge in [0.15, 0.2) is 0 Å². The molecule has 0 aromatic carbocycles. The molecule has 0 saturated heterocycles. The van der Waals surface area contributed by atoms with Crippen molar-refractivity contribution < 1.29 is 0 Å². The lowest BCUT2D eigenvalue weighted by Crippen LogP contribution is -2.18. The first-order valence-corrected chi connectivity index (χ1v) is 7.88. The van der Waals surface area contributed by atoms with Crippen molar-refractivity contribution in [3.8, 4) is 0 Å². The maximum Gasteiger partial charge on any atom is 0.0900 e. The number of aromatic nitrogens is 1. The molecule has 1 unspecified atom stereocenters. The highest BCUT2D eigenvalue weighted by Gasteiger charge is 2.17. The molecule has 0 radical (unpaired) electrons. The van der Waals surface area contributed by atoms with Crippen LogP contribution in [0.3, 0.4) is 0 Å². The summed E-state index contributed by atoms with van der Waals surface area (Å²) < 4.78 is 1.19. The van der Waals surface area contributed by atoms with Crippen molar-refractivity contribution >= 4 is 38.6 Å². The number of thiophene rings is 1. The molecule has 5 heteroatoms. The number of hydrogen-bond donors (Lipinski definition) is 1. The summed E-state index contributed by atoms with van der Waals surface area (Å²) in [5, 5.41) is 4.54. The summed E-state index contributed by atoms with van der Waals surface area (Å²) in [5.74, 6) is 0. The maximum atomic E-state index is 4.50.